The van der Waals surface area contributed by atoms with E-state index in [-0.39, 0.29) is 6.10 Å². The second-order valence-corrected chi connectivity index (χ2v) is 7.38. The molecule has 0 aliphatic carbocycles. The summed E-state index contributed by atoms with van der Waals surface area (Å²) in [6, 6.07) is 28.2. The van der Waals surface area contributed by atoms with Crippen molar-refractivity contribution in [1.29, 1.82) is 0 Å². The van der Waals surface area contributed by atoms with Gasteiger partial charge in [-0.15, -0.1) is 0 Å². The molecular formula is C26H26N2O2. The van der Waals surface area contributed by atoms with Crippen LogP contribution in [-0.2, 0) is 0 Å². The molecule has 4 heteroatoms. The molecular weight excluding hydrogens is 372 g/mol. The summed E-state index contributed by atoms with van der Waals surface area (Å²) in [4.78, 5) is 4.43. The Morgan fingerprint density at radius 1 is 0.867 bits per heavy atom. The van der Waals surface area contributed by atoms with Crippen LogP contribution < -0.4 is 15.2 Å². The number of rotatable bonds is 8. The van der Waals surface area contributed by atoms with E-state index in [0.717, 1.165) is 40.8 Å². The lowest BCUT2D eigenvalue weighted by atomic mass is 10.1. The van der Waals surface area contributed by atoms with E-state index in [4.69, 9.17) is 15.2 Å². The molecule has 4 rings (SSSR count). The van der Waals surface area contributed by atoms with Crippen molar-refractivity contribution < 1.29 is 9.47 Å². The van der Waals surface area contributed by atoms with Crippen molar-refractivity contribution in [2.75, 3.05) is 12.3 Å². The number of aromatic nitrogens is 1. The second kappa shape index (κ2) is 9.31. The third-order valence-corrected chi connectivity index (χ3v) is 5.00. The molecule has 0 spiro atoms. The number of fused-ring (bicyclic) bond motifs is 1. The molecule has 0 aliphatic heterocycles. The summed E-state index contributed by atoms with van der Waals surface area (Å²) in [5, 5.41) is 1.02. The van der Waals surface area contributed by atoms with E-state index in [9.17, 15) is 0 Å². The molecule has 0 saturated heterocycles. The Balaban J connectivity index is 1.30. The van der Waals surface area contributed by atoms with Crippen molar-refractivity contribution in [3.63, 3.8) is 0 Å². The minimum atomic E-state index is 0.0538. The van der Waals surface area contributed by atoms with Gasteiger partial charge in [0, 0.05) is 5.39 Å². The topological polar surface area (TPSA) is 57.4 Å². The zero-order chi connectivity index (χ0) is 20.8. The molecule has 0 saturated carbocycles. The fraction of sp³-hybridized carbons (Fsp3) is 0.192. The average Bonchev–Trinajstić information content (AvgIpc) is 2.78. The van der Waals surface area contributed by atoms with E-state index in [0.29, 0.717) is 12.4 Å². The Labute approximate surface area is 177 Å². The quantitative estimate of drug-likeness (QED) is 0.364. The van der Waals surface area contributed by atoms with E-state index in [1.54, 1.807) is 6.07 Å². The molecule has 0 radical (unpaired) electrons. The summed E-state index contributed by atoms with van der Waals surface area (Å²) in [7, 11) is 0. The van der Waals surface area contributed by atoms with Gasteiger partial charge in [-0.1, -0.05) is 54.6 Å². The lowest BCUT2D eigenvalue weighted by molar-refractivity contribution is 0.195. The normalized spacial score (nSPS) is 11.9. The molecule has 0 aliphatic rings. The van der Waals surface area contributed by atoms with Crippen LogP contribution in [0.1, 0.15) is 19.8 Å². The zero-order valence-corrected chi connectivity index (χ0v) is 17.1. The first-order valence-corrected chi connectivity index (χ1v) is 10.3. The van der Waals surface area contributed by atoms with Crippen LogP contribution in [0.25, 0.3) is 22.0 Å². The Morgan fingerprint density at radius 3 is 2.53 bits per heavy atom. The molecule has 3 aromatic carbocycles. The van der Waals surface area contributed by atoms with Crippen molar-refractivity contribution >= 4 is 16.7 Å². The maximum absolute atomic E-state index is 6.14. The van der Waals surface area contributed by atoms with Crippen LogP contribution in [0.2, 0.25) is 0 Å². The minimum Gasteiger partial charge on any atom is -0.494 e. The number of nitrogen functional groups attached to an aromatic ring is 1. The van der Waals surface area contributed by atoms with Gasteiger partial charge in [0.2, 0.25) is 0 Å². The van der Waals surface area contributed by atoms with Crippen LogP contribution in [0, 0.1) is 0 Å². The van der Waals surface area contributed by atoms with Gasteiger partial charge in [0.15, 0.2) is 0 Å². The lowest BCUT2D eigenvalue weighted by Crippen LogP contribution is -2.13. The Hall–Kier alpha value is -3.53. The van der Waals surface area contributed by atoms with Gasteiger partial charge in [-0.05, 0) is 61.2 Å². The number of benzene rings is 3. The average molecular weight is 399 g/mol. The lowest BCUT2D eigenvalue weighted by Gasteiger charge is -2.16. The van der Waals surface area contributed by atoms with Gasteiger partial charge in [0.05, 0.1) is 12.7 Å². The summed E-state index contributed by atoms with van der Waals surface area (Å²) in [5.41, 5.74) is 8.99. The summed E-state index contributed by atoms with van der Waals surface area (Å²) in [5.74, 6) is 2.15. The highest BCUT2D eigenvalue weighted by Gasteiger charge is 2.09. The van der Waals surface area contributed by atoms with Crippen LogP contribution in [0.3, 0.4) is 0 Å². The first-order chi connectivity index (χ1) is 14.7. The predicted octanol–water partition coefficient (Wildman–Crippen LogP) is 6.11. The first-order valence-electron chi connectivity index (χ1n) is 10.3. The fourth-order valence-corrected chi connectivity index (χ4v) is 3.46. The molecule has 0 bridgehead atoms. The maximum atomic E-state index is 6.14. The highest BCUT2D eigenvalue weighted by atomic mass is 16.5. The number of ether oxygens (including phenoxy) is 2. The summed E-state index contributed by atoms with van der Waals surface area (Å²) < 4.78 is 12.1. The molecule has 0 fully saturated rings. The van der Waals surface area contributed by atoms with Gasteiger partial charge in [-0.2, -0.15) is 0 Å². The van der Waals surface area contributed by atoms with E-state index >= 15 is 0 Å². The van der Waals surface area contributed by atoms with Gasteiger partial charge in [-0.25, -0.2) is 4.98 Å². The first kappa shape index (κ1) is 19.8. The van der Waals surface area contributed by atoms with Gasteiger partial charge in [0.25, 0.3) is 0 Å². The van der Waals surface area contributed by atoms with Crippen LogP contribution >= 0.6 is 0 Å². The van der Waals surface area contributed by atoms with Crippen molar-refractivity contribution in [1.82, 2.24) is 4.98 Å². The second-order valence-electron chi connectivity index (χ2n) is 7.38. The molecule has 4 aromatic rings. The molecule has 2 N–H and O–H groups in total. The van der Waals surface area contributed by atoms with Crippen LogP contribution in [0.5, 0.6) is 11.5 Å². The SMILES string of the molecule is C[C@H](CCCOc1cccc(-c2ccccc2)c1)Oc1cccc2ccc(N)nc12. The number of nitrogens with zero attached hydrogens (tertiary/aromatic N) is 1. The minimum absolute atomic E-state index is 0.0538. The molecule has 152 valence electrons. The van der Waals surface area contributed by atoms with Crippen molar-refractivity contribution in [3.05, 3.63) is 84.9 Å². The molecule has 0 amide bonds. The van der Waals surface area contributed by atoms with E-state index in [1.807, 2.05) is 54.6 Å². The predicted molar refractivity (Wildman–Crippen MR) is 123 cm³/mol. The molecule has 30 heavy (non-hydrogen) atoms. The van der Waals surface area contributed by atoms with Gasteiger partial charge < -0.3 is 15.2 Å². The van der Waals surface area contributed by atoms with Crippen molar-refractivity contribution in [2.24, 2.45) is 0 Å². The number of hydrogen-bond acceptors (Lipinski definition) is 4. The number of pyridine rings is 1. The smallest absolute Gasteiger partial charge is 0.146 e. The van der Waals surface area contributed by atoms with E-state index in [2.05, 4.69) is 36.2 Å². The standard InChI is InChI=1S/C26H26N2O2/c1-19(30-24-14-6-11-21-15-16-25(27)28-26(21)24)8-7-17-29-23-13-5-12-22(18-23)20-9-3-2-4-10-20/h2-6,9-16,18-19H,7-8,17H2,1H3,(H2,27,28)/t19-/m1/s1. The fourth-order valence-electron chi connectivity index (χ4n) is 3.46. The van der Waals surface area contributed by atoms with Crippen molar-refractivity contribution in [2.45, 2.75) is 25.9 Å². The largest absolute Gasteiger partial charge is 0.494 e. The third-order valence-electron chi connectivity index (χ3n) is 5.00. The van der Waals surface area contributed by atoms with Crippen LogP contribution in [0.4, 0.5) is 5.82 Å². The zero-order valence-electron chi connectivity index (χ0n) is 17.1. The molecule has 4 nitrogen and oxygen atoms in total. The summed E-state index contributed by atoms with van der Waals surface area (Å²) >= 11 is 0. The summed E-state index contributed by atoms with van der Waals surface area (Å²) in [6.07, 6.45) is 1.84. The maximum Gasteiger partial charge on any atom is 0.146 e. The van der Waals surface area contributed by atoms with Gasteiger partial charge in [0.1, 0.15) is 22.8 Å². The number of hydrogen-bond donors (Lipinski definition) is 1. The molecule has 1 atom stereocenters. The third kappa shape index (κ3) is 4.90. The highest BCUT2D eigenvalue weighted by molar-refractivity contribution is 5.85. The van der Waals surface area contributed by atoms with Crippen LogP contribution in [0.15, 0.2) is 84.9 Å². The van der Waals surface area contributed by atoms with Gasteiger partial charge in [-0.3, -0.25) is 0 Å². The Kier molecular flexibility index (Phi) is 6.14. The van der Waals surface area contributed by atoms with Crippen LogP contribution in [-0.4, -0.2) is 17.7 Å². The molecule has 0 unspecified atom stereocenters. The summed E-state index contributed by atoms with van der Waals surface area (Å²) in [6.45, 7) is 2.72. The van der Waals surface area contributed by atoms with Crippen molar-refractivity contribution in [3.8, 4) is 22.6 Å². The number of para-hydroxylation sites is 1. The number of anilines is 1. The van der Waals surface area contributed by atoms with E-state index in [1.165, 1.54) is 5.56 Å². The Morgan fingerprint density at radius 2 is 1.67 bits per heavy atom. The van der Waals surface area contributed by atoms with E-state index < -0.39 is 0 Å². The Bertz CT molecular complexity index is 1110. The molecule has 1 aromatic heterocycles. The van der Waals surface area contributed by atoms with Gasteiger partial charge >= 0.3 is 0 Å². The monoisotopic (exact) mass is 398 g/mol. The number of nitrogens with two attached hydrogens (primary N) is 1. The molecule has 1 heterocycles. The highest BCUT2D eigenvalue weighted by Crippen LogP contribution is 2.26.